The molecule has 0 saturated carbocycles. The molecule has 78 valence electrons. The van der Waals surface area contributed by atoms with Crippen molar-refractivity contribution in [2.75, 3.05) is 0 Å². The van der Waals surface area contributed by atoms with Gasteiger partial charge in [-0.25, -0.2) is 0 Å². The molecule has 0 aliphatic rings. The molecule has 1 heterocycles. The van der Waals surface area contributed by atoms with Crippen LogP contribution in [-0.2, 0) is 0 Å². The lowest BCUT2D eigenvalue weighted by atomic mass is 10.1. The molecule has 2 aromatic rings. The topological polar surface area (TPSA) is 50.7 Å². The Morgan fingerprint density at radius 1 is 1.19 bits per heavy atom. The van der Waals surface area contributed by atoms with Crippen LogP contribution in [0.1, 0.15) is 5.56 Å². The van der Waals surface area contributed by atoms with E-state index in [0.717, 1.165) is 5.56 Å². The van der Waals surface area contributed by atoms with Gasteiger partial charge in [-0.1, -0.05) is 30.3 Å². The summed E-state index contributed by atoms with van der Waals surface area (Å²) in [6, 6.07) is 12.8. The summed E-state index contributed by atoms with van der Waals surface area (Å²) in [4.78, 5) is 0. The summed E-state index contributed by atoms with van der Waals surface area (Å²) in [5, 5.41) is 20.2. The Morgan fingerprint density at radius 2 is 1.88 bits per heavy atom. The smallest absolute Gasteiger partial charge is 0.304 e. The maximum absolute atomic E-state index is 11.4. The normalized spacial score (nSPS) is 9.75. The van der Waals surface area contributed by atoms with Crippen molar-refractivity contribution < 1.29 is 4.73 Å². The first-order valence-corrected chi connectivity index (χ1v) is 4.98. The van der Waals surface area contributed by atoms with E-state index in [4.69, 9.17) is 16.9 Å². The maximum Gasteiger partial charge on any atom is 0.304 e. The van der Waals surface area contributed by atoms with Gasteiger partial charge in [0.05, 0.1) is 0 Å². The van der Waals surface area contributed by atoms with Crippen molar-refractivity contribution in [2.45, 2.75) is 0 Å². The highest BCUT2D eigenvalue weighted by Gasteiger charge is 2.12. The van der Waals surface area contributed by atoms with Crippen molar-refractivity contribution in [1.29, 1.82) is 5.26 Å². The minimum Gasteiger partial charge on any atom is -0.618 e. The first-order valence-electron chi connectivity index (χ1n) is 4.60. The van der Waals surface area contributed by atoms with Crippen molar-refractivity contribution >= 4 is 11.6 Å². The first kappa shape index (κ1) is 10.5. The van der Waals surface area contributed by atoms with Crippen molar-refractivity contribution in [1.82, 2.24) is 0 Å². The molecule has 0 aliphatic heterocycles. The molecule has 0 atom stereocenters. The molecule has 0 bridgehead atoms. The summed E-state index contributed by atoms with van der Waals surface area (Å²) >= 11 is 5.68. The highest BCUT2D eigenvalue weighted by molar-refractivity contribution is 6.29. The molecule has 0 spiro atoms. The van der Waals surface area contributed by atoms with E-state index in [0.29, 0.717) is 10.3 Å². The molecule has 2 rings (SSSR count). The van der Waals surface area contributed by atoms with Crippen LogP contribution in [0.15, 0.2) is 42.6 Å². The van der Waals surface area contributed by atoms with E-state index in [1.165, 1.54) is 6.20 Å². The second-order valence-corrected chi connectivity index (χ2v) is 3.59. The van der Waals surface area contributed by atoms with Gasteiger partial charge >= 0.3 is 5.15 Å². The molecule has 0 aliphatic carbocycles. The van der Waals surface area contributed by atoms with E-state index in [-0.39, 0.29) is 10.7 Å². The lowest BCUT2D eigenvalue weighted by Crippen LogP contribution is -2.28. The van der Waals surface area contributed by atoms with Gasteiger partial charge in [0, 0.05) is 5.56 Å². The first-order chi connectivity index (χ1) is 7.72. The molecule has 16 heavy (non-hydrogen) atoms. The molecule has 0 unspecified atom stereocenters. The van der Waals surface area contributed by atoms with Gasteiger partial charge in [-0.05, 0) is 23.2 Å². The molecule has 0 saturated heterocycles. The quantitative estimate of drug-likeness (QED) is 0.429. The number of rotatable bonds is 1. The molecule has 0 fully saturated rings. The Balaban J connectivity index is 2.61. The Kier molecular flexibility index (Phi) is 2.76. The van der Waals surface area contributed by atoms with Crippen molar-refractivity contribution in [3.8, 4) is 17.2 Å². The van der Waals surface area contributed by atoms with Crippen molar-refractivity contribution in [2.24, 2.45) is 0 Å². The van der Waals surface area contributed by atoms with Crippen LogP contribution in [0.5, 0.6) is 0 Å². The van der Waals surface area contributed by atoms with E-state index >= 15 is 0 Å². The molecule has 0 radical (unpaired) electrons. The molecule has 4 heteroatoms. The van der Waals surface area contributed by atoms with Gasteiger partial charge in [0.1, 0.15) is 11.6 Å². The molecular formula is C12H7ClN2O. The monoisotopic (exact) mass is 230 g/mol. The minimum absolute atomic E-state index is 0.0952. The maximum atomic E-state index is 11.4. The summed E-state index contributed by atoms with van der Waals surface area (Å²) in [5.74, 6) is 0. The zero-order valence-electron chi connectivity index (χ0n) is 8.22. The van der Waals surface area contributed by atoms with E-state index in [9.17, 15) is 5.21 Å². The Morgan fingerprint density at radius 3 is 2.50 bits per heavy atom. The zero-order valence-corrected chi connectivity index (χ0v) is 8.98. The standard InChI is InChI=1S/C12H7ClN2O/c13-12-10(7-14)6-11(8-15(12)16)9-4-2-1-3-5-9/h1-6,8H. The average Bonchev–Trinajstić information content (AvgIpc) is 2.33. The van der Waals surface area contributed by atoms with Gasteiger partial charge in [0.25, 0.3) is 0 Å². The van der Waals surface area contributed by atoms with Crippen LogP contribution in [0.3, 0.4) is 0 Å². The third kappa shape index (κ3) is 1.83. The van der Waals surface area contributed by atoms with Crippen molar-refractivity contribution in [3.63, 3.8) is 0 Å². The van der Waals surface area contributed by atoms with Gasteiger partial charge in [-0.2, -0.15) is 9.99 Å². The number of hydrogen-bond acceptors (Lipinski definition) is 2. The van der Waals surface area contributed by atoms with Crippen LogP contribution < -0.4 is 4.73 Å². The fourth-order valence-corrected chi connectivity index (χ4v) is 1.57. The van der Waals surface area contributed by atoms with Crippen LogP contribution in [0, 0.1) is 16.5 Å². The van der Waals surface area contributed by atoms with E-state index < -0.39 is 0 Å². The Labute approximate surface area is 97.7 Å². The van der Waals surface area contributed by atoms with E-state index in [1.807, 2.05) is 36.4 Å². The SMILES string of the molecule is N#Cc1cc(-c2ccccc2)c[n+]([O-])c1Cl. The van der Waals surface area contributed by atoms with Crippen LogP contribution in [0.25, 0.3) is 11.1 Å². The molecule has 0 N–H and O–H groups in total. The second-order valence-electron chi connectivity index (χ2n) is 3.24. The largest absolute Gasteiger partial charge is 0.618 e. The predicted octanol–water partition coefficient (Wildman–Crippen LogP) is 2.51. The van der Waals surface area contributed by atoms with Gasteiger partial charge in [-0.15, -0.1) is 0 Å². The van der Waals surface area contributed by atoms with Crippen LogP contribution >= 0.6 is 11.6 Å². The Hall–Kier alpha value is -2.05. The van der Waals surface area contributed by atoms with Crippen LogP contribution in [0.2, 0.25) is 5.15 Å². The van der Waals surface area contributed by atoms with Gasteiger partial charge < -0.3 is 5.21 Å². The number of halogens is 1. The summed E-state index contributed by atoms with van der Waals surface area (Å²) in [6.45, 7) is 0. The van der Waals surface area contributed by atoms with Gasteiger partial charge in [0.15, 0.2) is 6.20 Å². The van der Waals surface area contributed by atoms with Gasteiger partial charge in [0.2, 0.25) is 0 Å². The Bertz CT molecular complexity index is 561. The summed E-state index contributed by atoms with van der Waals surface area (Å²) in [7, 11) is 0. The minimum atomic E-state index is -0.0952. The second kappa shape index (κ2) is 4.21. The van der Waals surface area contributed by atoms with E-state index in [2.05, 4.69) is 0 Å². The fraction of sp³-hybridized carbons (Fsp3) is 0. The summed E-state index contributed by atoms with van der Waals surface area (Å²) < 4.78 is 0.502. The molecule has 1 aromatic carbocycles. The third-order valence-corrected chi connectivity index (χ3v) is 2.57. The number of hydrogen-bond donors (Lipinski definition) is 0. The van der Waals surface area contributed by atoms with Gasteiger partial charge in [-0.3, -0.25) is 0 Å². The number of nitriles is 1. The van der Waals surface area contributed by atoms with Crippen LogP contribution in [0.4, 0.5) is 0 Å². The number of benzene rings is 1. The molecule has 1 aromatic heterocycles. The highest BCUT2D eigenvalue weighted by Crippen LogP contribution is 2.21. The average molecular weight is 231 g/mol. The third-order valence-electron chi connectivity index (χ3n) is 2.20. The fourth-order valence-electron chi connectivity index (χ4n) is 1.42. The zero-order chi connectivity index (χ0) is 11.5. The number of nitrogens with zero attached hydrogens (tertiary/aromatic N) is 2. The van der Waals surface area contributed by atoms with Crippen molar-refractivity contribution in [3.05, 3.63) is 58.5 Å². The highest BCUT2D eigenvalue weighted by atomic mass is 35.5. The van der Waals surface area contributed by atoms with E-state index in [1.54, 1.807) is 6.07 Å². The number of pyridine rings is 1. The molecule has 0 amide bonds. The number of aromatic nitrogens is 1. The molecule has 3 nitrogen and oxygen atoms in total. The lowest BCUT2D eigenvalue weighted by Gasteiger charge is -2.04. The lowest BCUT2D eigenvalue weighted by molar-refractivity contribution is -0.602. The molecular weight excluding hydrogens is 224 g/mol. The predicted molar refractivity (Wildman–Crippen MR) is 60.6 cm³/mol. The summed E-state index contributed by atoms with van der Waals surface area (Å²) in [5.41, 5.74) is 1.73. The summed E-state index contributed by atoms with van der Waals surface area (Å²) in [6.07, 6.45) is 1.36. The van der Waals surface area contributed by atoms with Crippen LogP contribution in [-0.4, -0.2) is 0 Å².